The van der Waals surface area contributed by atoms with Crippen molar-refractivity contribution in [1.82, 2.24) is 20.4 Å². The first kappa shape index (κ1) is 27.9. The van der Waals surface area contributed by atoms with Crippen molar-refractivity contribution in [3.63, 3.8) is 0 Å². The molecule has 0 radical (unpaired) electrons. The van der Waals surface area contributed by atoms with Crippen LogP contribution in [0, 0.1) is 13.8 Å². The summed E-state index contributed by atoms with van der Waals surface area (Å²) in [6.45, 7) is 7.18. The predicted octanol–water partition coefficient (Wildman–Crippen LogP) is 4.21. The average molecular weight is 569 g/mol. The Labute approximate surface area is 203 Å². The lowest BCUT2D eigenvalue weighted by Crippen LogP contribution is -2.38. The van der Waals surface area contributed by atoms with Crippen LogP contribution in [-0.2, 0) is 13.1 Å². The van der Waals surface area contributed by atoms with Crippen LogP contribution < -0.4 is 20.1 Å². The van der Waals surface area contributed by atoms with Crippen LogP contribution in [0.3, 0.4) is 0 Å². The second kappa shape index (κ2) is 13.4. The Balaban J connectivity index is 0.00000512. The minimum atomic E-state index is -4.41. The third-order valence-corrected chi connectivity index (χ3v) is 4.33. The molecular formula is C21H31F3IN5O2. The zero-order valence-corrected chi connectivity index (χ0v) is 21.1. The van der Waals surface area contributed by atoms with Crippen molar-refractivity contribution >= 4 is 29.9 Å². The molecule has 0 aliphatic carbocycles. The number of alkyl halides is 3. The normalized spacial score (nSPS) is 11.7. The highest BCUT2D eigenvalue weighted by molar-refractivity contribution is 14.0. The molecular weight excluding hydrogens is 538 g/mol. The van der Waals surface area contributed by atoms with E-state index < -0.39 is 12.8 Å². The van der Waals surface area contributed by atoms with Crippen molar-refractivity contribution in [2.24, 2.45) is 4.99 Å². The van der Waals surface area contributed by atoms with Crippen molar-refractivity contribution in [1.29, 1.82) is 0 Å². The molecule has 1 aromatic carbocycles. The molecule has 1 heterocycles. The maximum atomic E-state index is 12.4. The van der Waals surface area contributed by atoms with Crippen LogP contribution in [0.1, 0.15) is 30.3 Å². The van der Waals surface area contributed by atoms with Gasteiger partial charge in [-0.25, -0.2) is 4.99 Å². The van der Waals surface area contributed by atoms with E-state index in [9.17, 15) is 13.2 Å². The van der Waals surface area contributed by atoms with E-state index in [1.54, 1.807) is 12.1 Å². The Morgan fingerprint density at radius 3 is 2.50 bits per heavy atom. The third kappa shape index (κ3) is 9.53. The van der Waals surface area contributed by atoms with Gasteiger partial charge in [-0.05, 0) is 51.0 Å². The monoisotopic (exact) mass is 569 g/mol. The van der Waals surface area contributed by atoms with E-state index in [0.717, 1.165) is 36.5 Å². The summed E-state index contributed by atoms with van der Waals surface area (Å²) in [5.74, 6) is 0.939. The Morgan fingerprint density at radius 1 is 1.16 bits per heavy atom. The van der Waals surface area contributed by atoms with Gasteiger partial charge in [0.2, 0.25) is 0 Å². The second-order valence-corrected chi connectivity index (χ2v) is 7.01. The lowest BCUT2D eigenvalue weighted by Gasteiger charge is -2.14. The van der Waals surface area contributed by atoms with Crippen LogP contribution in [0.15, 0.2) is 29.3 Å². The molecule has 2 rings (SSSR count). The molecule has 2 aromatic rings. The number of hydrogen-bond donors (Lipinski definition) is 2. The number of rotatable bonds is 10. The quantitative estimate of drug-likeness (QED) is 0.194. The van der Waals surface area contributed by atoms with Gasteiger partial charge in [-0.2, -0.15) is 18.3 Å². The van der Waals surface area contributed by atoms with Gasteiger partial charge in [0.1, 0.15) is 0 Å². The van der Waals surface area contributed by atoms with Crippen molar-refractivity contribution in [3.05, 3.63) is 41.2 Å². The number of benzene rings is 1. The molecule has 0 saturated carbocycles. The topological polar surface area (TPSA) is 72.7 Å². The van der Waals surface area contributed by atoms with E-state index >= 15 is 0 Å². The van der Waals surface area contributed by atoms with Crippen molar-refractivity contribution in [3.8, 4) is 11.5 Å². The van der Waals surface area contributed by atoms with Crippen LogP contribution in [0.2, 0.25) is 0 Å². The molecule has 2 N–H and O–H groups in total. The Hall–Kier alpha value is -2.18. The van der Waals surface area contributed by atoms with Crippen molar-refractivity contribution in [2.75, 3.05) is 26.8 Å². The fourth-order valence-corrected chi connectivity index (χ4v) is 2.94. The standard InChI is InChI=1S/C21H30F3N5O2.HI/c1-5-25-20(26-9-6-10-29-16(3)11-15(2)28-29)27-13-17-7-8-18(19(12-17)30-4)31-14-21(22,23)24;/h7-8,11-12H,5-6,9-10,13-14H2,1-4H3,(H2,25,26,27);1H. The minimum absolute atomic E-state index is 0. The van der Waals surface area contributed by atoms with Crippen LogP contribution >= 0.6 is 24.0 Å². The van der Waals surface area contributed by atoms with Crippen LogP contribution in [-0.4, -0.2) is 48.7 Å². The molecule has 1 aromatic heterocycles. The molecule has 0 atom stereocenters. The lowest BCUT2D eigenvalue weighted by atomic mass is 10.2. The average Bonchev–Trinajstić information content (AvgIpc) is 3.04. The second-order valence-electron chi connectivity index (χ2n) is 7.01. The van der Waals surface area contributed by atoms with Gasteiger partial charge in [-0.1, -0.05) is 6.07 Å². The van der Waals surface area contributed by atoms with E-state index in [2.05, 4.69) is 20.7 Å². The number of aromatic nitrogens is 2. The first-order valence-electron chi connectivity index (χ1n) is 10.1. The summed E-state index contributed by atoms with van der Waals surface area (Å²) in [7, 11) is 1.39. The molecule has 7 nitrogen and oxygen atoms in total. The van der Waals surface area contributed by atoms with Crippen LogP contribution in [0.4, 0.5) is 13.2 Å². The summed E-state index contributed by atoms with van der Waals surface area (Å²) in [6.07, 6.45) is -3.53. The van der Waals surface area contributed by atoms with E-state index in [-0.39, 0.29) is 35.5 Å². The molecule has 0 amide bonds. The van der Waals surface area contributed by atoms with E-state index in [1.807, 2.05) is 31.5 Å². The summed E-state index contributed by atoms with van der Waals surface area (Å²) in [6, 6.07) is 6.81. The maximum Gasteiger partial charge on any atom is 0.422 e. The number of nitrogens with zero attached hydrogens (tertiary/aromatic N) is 3. The molecule has 0 saturated heterocycles. The first-order valence-corrected chi connectivity index (χ1v) is 10.1. The molecule has 32 heavy (non-hydrogen) atoms. The largest absolute Gasteiger partial charge is 0.493 e. The van der Waals surface area contributed by atoms with Gasteiger partial charge in [-0.15, -0.1) is 24.0 Å². The van der Waals surface area contributed by atoms with E-state index in [0.29, 0.717) is 19.0 Å². The van der Waals surface area contributed by atoms with Gasteiger partial charge < -0.3 is 20.1 Å². The number of hydrogen-bond acceptors (Lipinski definition) is 4. The SMILES string of the molecule is CCNC(=NCc1ccc(OCC(F)(F)F)c(OC)c1)NCCCn1nc(C)cc1C.I. The van der Waals surface area contributed by atoms with Gasteiger partial charge in [0, 0.05) is 25.3 Å². The van der Waals surface area contributed by atoms with Gasteiger partial charge >= 0.3 is 6.18 Å². The van der Waals surface area contributed by atoms with Crippen molar-refractivity contribution in [2.45, 2.75) is 46.5 Å². The Morgan fingerprint density at radius 2 is 1.91 bits per heavy atom. The predicted molar refractivity (Wildman–Crippen MR) is 129 cm³/mol. The summed E-state index contributed by atoms with van der Waals surface area (Å²) in [5.41, 5.74) is 2.93. The zero-order chi connectivity index (χ0) is 22.9. The number of aliphatic imine (C=N–C) groups is 1. The van der Waals surface area contributed by atoms with Gasteiger partial charge in [0.25, 0.3) is 0 Å². The summed E-state index contributed by atoms with van der Waals surface area (Å²) < 4.78 is 49.1. The molecule has 0 bridgehead atoms. The van der Waals surface area contributed by atoms with E-state index in [4.69, 9.17) is 9.47 Å². The highest BCUT2D eigenvalue weighted by atomic mass is 127. The zero-order valence-electron chi connectivity index (χ0n) is 18.8. The highest BCUT2D eigenvalue weighted by Crippen LogP contribution is 2.30. The van der Waals surface area contributed by atoms with E-state index in [1.165, 1.54) is 13.2 Å². The van der Waals surface area contributed by atoms with Gasteiger partial charge in [0.15, 0.2) is 24.1 Å². The Bertz CT molecular complexity index is 872. The molecule has 11 heteroatoms. The number of aryl methyl sites for hydroxylation is 3. The number of halogens is 4. The summed E-state index contributed by atoms with van der Waals surface area (Å²) >= 11 is 0. The maximum absolute atomic E-state index is 12.4. The summed E-state index contributed by atoms with van der Waals surface area (Å²) in [4.78, 5) is 4.54. The lowest BCUT2D eigenvalue weighted by molar-refractivity contribution is -0.153. The van der Waals surface area contributed by atoms with Crippen LogP contribution in [0.25, 0.3) is 0 Å². The molecule has 0 aliphatic heterocycles. The summed E-state index contributed by atoms with van der Waals surface area (Å²) in [5, 5.41) is 10.9. The number of methoxy groups -OCH3 is 1. The first-order chi connectivity index (χ1) is 14.7. The highest BCUT2D eigenvalue weighted by Gasteiger charge is 2.29. The number of ether oxygens (including phenoxy) is 2. The molecule has 180 valence electrons. The molecule has 0 spiro atoms. The molecule has 0 aliphatic rings. The molecule has 0 unspecified atom stereocenters. The number of guanidine groups is 1. The van der Waals surface area contributed by atoms with Gasteiger partial charge in [-0.3, -0.25) is 4.68 Å². The minimum Gasteiger partial charge on any atom is -0.493 e. The van der Waals surface area contributed by atoms with Gasteiger partial charge in [0.05, 0.1) is 19.3 Å². The molecule has 0 fully saturated rings. The smallest absolute Gasteiger partial charge is 0.422 e. The third-order valence-electron chi connectivity index (χ3n) is 4.33. The Kier molecular flexibility index (Phi) is 11.7. The van der Waals surface area contributed by atoms with Crippen molar-refractivity contribution < 1.29 is 22.6 Å². The fourth-order valence-electron chi connectivity index (χ4n) is 2.94. The number of nitrogens with one attached hydrogen (secondary N) is 2. The van der Waals surface area contributed by atoms with Crippen LogP contribution in [0.5, 0.6) is 11.5 Å². The fraction of sp³-hybridized carbons (Fsp3) is 0.524.